The molecule has 0 saturated heterocycles. The summed E-state index contributed by atoms with van der Waals surface area (Å²) in [7, 11) is 1.86. The van der Waals surface area contributed by atoms with Crippen molar-refractivity contribution in [3.8, 4) is 0 Å². The van der Waals surface area contributed by atoms with Crippen LogP contribution in [0.2, 0.25) is 0 Å². The summed E-state index contributed by atoms with van der Waals surface area (Å²) in [5.74, 6) is -0.219. The Morgan fingerprint density at radius 2 is 1.85 bits per heavy atom. The van der Waals surface area contributed by atoms with E-state index in [9.17, 15) is 4.39 Å². The first kappa shape index (κ1) is 14.5. The maximum Gasteiger partial charge on any atom is 0.146 e. The second-order valence-corrected chi connectivity index (χ2v) is 5.30. The molecule has 3 heteroatoms. The van der Waals surface area contributed by atoms with Crippen LogP contribution in [0.5, 0.6) is 0 Å². The lowest BCUT2D eigenvalue weighted by molar-refractivity contribution is 0.614. The topological polar surface area (TPSA) is 29.3 Å². The van der Waals surface area contributed by atoms with E-state index in [1.165, 1.54) is 17.2 Å². The van der Waals surface area contributed by atoms with Gasteiger partial charge in [0, 0.05) is 19.6 Å². The number of likely N-dealkylation sites (N-methyl/N-ethyl adjacent to an activating group) is 1. The average molecular weight is 272 g/mol. The van der Waals surface area contributed by atoms with Crippen molar-refractivity contribution in [1.29, 1.82) is 0 Å². The molecule has 0 bridgehead atoms. The highest BCUT2D eigenvalue weighted by Gasteiger charge is 2.14. The lowest BCUT2D eigenvalue weighted by atomic mass is 9.99. The predicted octanol–water partition coefficient (Wildman–Crippen LogP) is 3.58. The van der Waals surface area contributed by atoms with Crippen molar-refractivity contribution < 1.29 is 4.39 Å². The van der Waals surface area contributed by atoms with Crippen molar-refractivity contribution in [3.05, 3.63) is 65.0 Å². The number of rotatable bonds is 4. The summed E-state index contributed by atoms with van der Waals surface area (Å²) in [5.41, 5.74) is 10.3. The van der Waals surface area contributed by atoms with Gasteiger partial charge < -0.3 is 10.6 Å². The van der Waals surface area contributed by atoms with Crippen LogP contribution in [0.4, 0.5) is 10.1 Å². The highest BCUT2D eigenvalue weighted by molar-refractivity contribution is 5.47. The van der Waals surface area contributed by atoms with Gasteiger partial charge in [-0.25, -0.2) is 4.39 Å². The first-order valence-electron chi connectivity index (χ1n) is 6.77. The predicted molar refractivity (Wildman–Crippen MR) is 82.5 cm³/mol. The minimum absolute atomic E-state index is 0.139. The standard InChI is InChI=1S/C17H21FN2/c1-12-8-9-13(2)14(10-12)16(19)11-20(3)17-7-5-4-6-15(17)18/h4-10,16H,11,19H2,1-3H3. The number of nitrogens with two attached hydrogens (primary N) is 1. The van der Waals surface area contributed by atoms with Crippen LogP contribution in [0.1, 0.15) is 22.7 Å². The number of hydrogen-bond acceptors (Lipinski definition) is 2. The lowest BCUT2D eigenvalue weighted by Crippen LogP contribution is -2.30. The van der Waals surface area contributed by atoms with Gasteiger partial charge >= 0.3 is 0 Å². The highest BCUT2D eigenvalue weighted by atomic mass is 19.1. The van der Waals surface area contributed by atoms with E-state index in [0.29, 0.717) is 12.2 Å². The zero-order valence-electron chi connectivity index (χ0n) is 12.2. The quantitative estimate of drug-likeness (QED) is 0.921. The Hall–Kier alpha value is -1.87. The van der Waals surface area contributed by atoms with Crippen LogP contribution in [0.3, 0.4) is 0 Å². The summed E-state index contributed by atoms with van der Waals surface area (Å²) in [6, 6.07) is 12.9. The van der Waals surface area contributed by atoms with Crippen LogP contribution in [0.25, 0.3) is 0 Å². The van der Waals surface area contributed by atoms with Crippen molar-refractivity contribution in [2.75, 3.05) is 18.5 Å². The molecule has 0 aromatic heterocycles. The van der Waals surface area contributed by atoms with E-state index in [4.69, 9.17) is 5.73 Å². The monoisotopic (exact) mass is 272 g/mol. The molecular formula is C17H21FN2. The molecular weight excluding hydrogens is 251 g/mol. The summed E-state index contributed by atoms with van der Waals surface area (Å²) in [4.78, 5) is 1.86. The van der Waals surface area contributed by atoms with Gasteiger partial charge in [-0.1, -0.05) is 35.9 Å². The van der Waals surface area contributed by atoms with Crippen LogP contribution >= 0.6 is 0 Å². The molecule has 106 valence electrons. The van der Waals surface area contributed by atoms with Crippen LogP contribution in [-0.2, 0) is 0 Å². The maximum atomic E-state index is 13.8. The second-order valence-electron chi connectivity index (χ2n) is 5.30. The second kappa shape index (κ2) is 6.06. The smallest absolute Gasteiger partial charge is 0.146 e. The molecule has 0 aliphatic heterocycles. The third-order valence-corrected chi connectivity index (χ3v) is 3.57. The molecule has 0 heterocycles. The molecule has 0 aliphatic rings. The van der Waals surface area contributed by atoms with Crippen LogP contribution in [0, 0.1) is 19.7 Å². The first-order chi connectivity index (χ1) is 9.49. The minimum atomic E-state index is -0.219. The van der Waals surface area contributed by atoms with Crippen molar-refractivity contribution in [2.45, 2.75) is 19.9 Å². The number of nitrogens with zero attached hydrogens (tertiary/aromatic N) is 1. The third-order valence-electron chi connectivity index (χ3n) is 3.57. The maximum absolute atomic E-state index is 13.8. The average Bonchev–Trinajstić information content (AvgIpc) is 2.41. The number of aryl methyl sites for hydroxylation is 2. The van der Waals surface area contributed by atoms with Gasteiger partial charge in [-0.2, -0.15) is 0 Å². The molecule has 0 amide bonds. The van der Waals surface area contributed by atoms with Gasteiger partial charge in [-0.15, -0.1) is 0 Å². The molecule has 0 radical (unpaired) electrons. The number of para-hydroxylation sites is 1. The van der Waals surface area contributed by atoms with Crippen LogP contribution < -0.4 is 10.6 Å². The molecule has 20 heavy (non-hydrogen) atoms. The van der Waals surface area contributed by atoms with Crippen molar-refractivity contribution in [3.63, 3.8) is 0 Å². The molecule has 2 N–H and O–H groups in total. The Bertz CT molecular complexity index is 595. The normalized spacial score (nSPS) is 12.2. The number of anilines is 1. The first-order valence-corrected chi connectivity index (χ1v) is 6.77. The molecule has 0 fully saturated rings. The summed E-state index contributed by atoms with van der Waals surface area (Å²) in [5, 5.41) is 0. The minimum Gasteiger partial charge on any atom is -0.370 e. The molecule has 2 aromatic rings. The molecule has 0 aliphatic carbocycles. The number of halogens is 1. The molecule has 2 rings (SSSR count). The van der Waals surface area contributed by atoms with E-state index in [2.05, 4.69) is 32.0 Å². The van der Waals surface area contributed by atoms with Crippen molar-refractivity contribution >= 4 is 5.69 Å². The van der Waals surface area contributed by atoms with Crippen molar-refractivity contribution in [1.82, 2.24) is 0 Å². The highest BCUT2D eigenvalue weighted by Crippen LogP contribution is 2.22. The molecule has 0 saturated carbocycles. The van der Waals surface area contributed by atoms with Gasteiger partial charge in [-0.05, 0) is 37.1 Å². The fourth-order valence-corrected chi connectivity index (χ4v) is 2.41. The Kier molecular flexibility index (Phi) is 4.40. The SMILES string of the molecule is Cc1ccc(C)c(C(N)CN(C)c2ccccc2F)c1. The van der Waals surface area contributed by atoms with Crippen LogP contribution in [-0.4, -0.2) is 13.6 Å². The van der Waals surface area contributed by atoms with E-state index in [0.717, 1.165) is 5.56 Å². The molecule has 1 atom stereocenters. The lowest BCUT2D eigenvalue weighted by Gasteiger charge is -2.25. The Morgan fingerprint density at radius 3 is 2.55 bits per heavy atom. The third kappa shape index (κ3) is 3.17. The number of benzene rings is 2. The van der Waals surface area contributed by atoms with E-state index in [1.54, 1.807) is 12.1 Å². The fraction of sp³-hybridized carbons (Fsp3) is 0.294. The van der Waals surface area contributed by atoms with E-state index in [-0.39, 0.29) is 11.9 Å². The van der Waals surface area contributed by atoms with E-state index in [1.807, 2.05) is 18.0 Å². The Morgan fingerprint density at radius 1 is 1.15 bits per heavy atom. The zero-order chi connectivity index (χ0) is 14.7. The van der Waals surface area contributed by atoms with E-state index >= 15 is 0 Å². The largest absolute Gasteiger partial charge is 0.370 e. The Balaban J connectivity index is 2.17. The van der Waals surface area contributed by atoms with Gasteiger partial charge in [0.25, 0.3) is 0 Å². The van der Waals surface area contributed by atoms with Gasteiger partial charge in [0.1, 0.15) is 5.82 Å². The van der Waals surface area contributed by atoms with Crippen LogP contribution in [0.15, 0.2) is 42.5 Å². The summed E-state index contributed by atoms with van der Waals surface area (Å²) >= 11 is 0. The molecule has 0 spiro atoms. The van der Waals surface area contributed by atoms with Gasteiger partial charge in [-0.3, -0.25) is 0 Å². The van der Waals surface area contributed by atoms with Gasteiger partial charge in [0.15, 0.2) is 0 Å². The Labute approximate surface area is 120 Å². The fourth-order valence-electron chi connectivity index (χ4n) is 2.41. The molecule has 1 unspecified atom stereocenters. The van der Waals surface area contributed by atoms with Gasteiger partial charge in [0.2, 0.25) is 0 Å². The van der Waals surface area contributed by atoms with Crippen molar-refractivity contribution in [2.24, 2.45) is 5.73 Å². The zero-order valence-corrected chi connectivity index (χ0v) is 12.2. The summed E-state index contributed by atoms with van der Waals surface area (Å²) < 4.78 is 13.8. The van der Waals surface area contributed by atoms with E-state index < -0.39 is 0 Å². The summed E-state index contributed by atoms with van der Waals surface area (Å²) in [6.07, 6.45) is 0. The molecule has 2 aromatic carbocycles. The summed E-state index contributed by atoms with van der Waals surface area (Å²) in [6.45, 7) is 4.68. The molecule has 2 nitrogen and oxygen atoms in total. The van der Waals surface area contributed by atoms with Gasteiger partial charge in [0.05, 0.1) is 5.69 Å². The number of hydrogen-bond donors (Lipinski definition) is 1.